The number of hydrogen-bond donors (Lipinski definition) is 2. The molecule has 0 amide bonds. The topological polar surface area (TPSA) is 50.7 Å². The smallest absolute Gasteiger partial charge is 0.275 e. The van der Waals surface area contributed by atoms with Crippen LogP contribution in [-0.4, -0.2) is 14.5 Å². The third kappa shape index (κ3) is 2.33. The van der Waals surface area contributed by atoms with Crippen molar-refractivity contribution in [2.45, 2.75) is 18.4 Å². The second-order valence-corrected chi connectivity index (χ2v) is 6.20. The van der Waals surface area contributed by atoms with Gasteiger partial charge in [0.05, 0.1) is 6.54 Å². The number of aromatic nitrogens is 3. The van der Waals surface area contributed by atoms with Gasteiger partial charge in [-0.15, -0.1) is 12.6 Å². The number of benzene rings is 1. The predicted octanol–water partition coefficient (Wildman–Crippen LogP) is 3.52. The molecular weight excluding hydrogens is 306 g/mol. The zero-order valence-corrected chi connectivity index (χ0v) is 13.5. The molecule has 0 aliphatic carbocycles. The van der Waals surface area contributed by atoms with Gasteiger partial charge in [0.1, 0.15) is 11.2 Å². The van der Waals surface area contributed by atoms with E-state index in [0.29, 0.717) is 12.1 Å². The highest BCUT2D eigenvalue weighted by Crippen LogP contribution is 2.28. The van der Waals surface area contributed by atoms with Crippen molar-refractivity contribution >= 4 is 34.6 Å². The molecule has 0 bridgehead atoms. The van der Waals surface area contributed by atoms with Crippen molar-refractivity contribution < 1.29 is 0 Å². The molecule has 4 rings (SSSR count). The SMILES string of the molecule is Cc1cnc2[nH]c3c(=O)n(Cc4ccccc4)cc(S)c3c2c1. The molecule has 0 saturated carbocycles. The van der Waals surface area contributed by atoms with Crippen molar-refractivity contribution in [3.8, 4) is 0 Å². The van der Waals surface area contributed by atoms with Crippen LogP contribution >= 0.6 is 12.6 Å². The Hall–Kier alpha value is -2.53. The number of pyridine rings is 2. The lowest BCUT2D eigenvalue weighted by Gasteiger charge is -2.08. The molecule has 0 aliphatic heterocycles. The second kappa shape index (κ2) is 5.28. The maximum absolute atomic E-state index is 12.8. The lowest BCUT2D eigenvalue weighted by Crippen LogP contribution is -2.20. The lowest BCUT2D eigenvalue weighted by atomic mass is 10.2. The number of nitrogens with one attached hydrogen (secondary N) is 1. The summed E-state index contributed by atoms with van der Waals surface area (Å²) in [5, 5.41) is 1.78. The fourth-order valence-corrected chi connectivity index (χ4v) is 3.29. The Labute approximate surface area is 138 Å². The minimum Gasteiger partial charge on any atom is -0.335 e. The number of nitrogens with zero attached hydrogens (tertiary/aromatic N) is 2. The standard InChI is InChI=1S/C18H15N3OS/c1-11-7-13-15-14(23)10-21(9-12-5-3-2-4-6-12)18(22)16(15)20-17(13)19-8-11/h2-8,10,23H,9H2,1H3,(H,19,20). The van der Waals surface area contributed by atoms with E-state index in [2.05, 4.69) is 22.6 Å². The van der Waals surface area contributed by atoms with Crippen LogP contribution in [-0.2, 0) is 6.54 Å². The molecule has 3 heterocycles. The first-order chi connectivity index (χ1) is 11.1. The molecule has 4 aromatic rings. The number of fused-ring (bicyclic) bond motifs is 3. The fraction of sp³-hybridized carbons (Fsp3) is 0.111. The first kappa shape index (κ1) is 14.1. The Balaban J connectivity index is 1.97. The molecule has 3 aromatic heterocycles. The molecule has 114 valence electrons. The molecule has 1 aromatic carbocycles. The van der Waals surface area contributed by atoms with Crippen LogP contribution in [0, 0.1) is 6.92 Å². The van der Waals surface area contributed by atoms with E-state index in [1.54, 1.807) is 17.0 Å². The number of thiol groups is 1. The van der Waals surface area contributed by atoms with Crippen molar-refractivity contribution in [3.63, 3.8) is 0 Å². The van der Waals surface area contributed by atoms with Crippen molar-refractivity contribution in [1.82, 2.24) is 14.5 Å². The third-order valence-corrected chi connectivity index (χ3v) is 4.33. The van der Waals surface area contributed by atoms with E-state index < -0.39 is 0 Å². The predicted molar refractivity (Wildman–Crippen MR) is 95.4 cm³/mol. The highest BCUT2D eigenvalue weighted by Gasteiger charge is 2.14. The molecule has 0 spiro atoms. The van der Waals surface area contributed by atoms with Gasteiger partial charge < -0.3 is 9.55 Å². The van der Waals surface area contributed by atoms with Crippen LogP contribution in [0.5, 0.6) is 0 Å². The van der Waals surface area contributed by atoms with Gasteiger partial charge in [0.25, 0.3) is 5.56 Å². The van der Waals surface area contributed by atoms with Gasteiger partial charge in [-0.2, -0.15) is 0 Å². The summed E-state index contributed by atoms with van der Waals surface area (Å²) in [7, 11) is 0. The number of hydrogen-bond acceptors (Lipinski definition) is 3. The average Bonchev–Trinajstić information content (AvgIpc) is 2.92. The maximum atomic E-state index is 12.8. The number of aromatic amines is 1. The summed E-state index contributed by atoms with van der Waals surface area (Å²) in [6.45, 7) is 2.51. The first-order valence-electron chi connectivity index (χ1n) is 7.38. The van der Waals surface area contributed by atoms with Crippen LogP contribution in [0.3, 0.4) is 0 Å². The Morgan fingerprint density at radius 2 is 2.04 bits per heavy atom. The molecule has 5 heteroatoms. The normalized spacial score (nSPS) is 11.4. The molecule has 23 heavy (non-hydrogen) atoms. The second-order valence-electron chi connectivity index (χ2n) is 5.72. The molecule has 0 aliphatic rings. The van der Waals surface area contributed by atoms with Crippen LogP contribution in [0.1, 0.15) is 11.1 Å². The van der Waals surface area contributed by atoms with Crippen molar-refractivity contribution in [2.75, 3.05) is 0 Å². The van der Waals surface area contributed by atoms with Crippen LogP contribution in [0.25, 0.3) is 21.9 Å². The number of H-pyrrole nitrogens is 1. The van der Waals surface area contributed by atoms with E-state index in [0.717, 1.165) is 32.4 Å². The van der Waals surface area contributed by atoms with Gasteiger partial charge >= 0.3 is 0 Å². The highest BCUT2D eigenvalue weighted by atomic mass is 32.1. The zero-order chi connectivity index (χ0) is 16.0. The Bertz CT molecular complexity index is 1080. The van der Waals surface area contributed by atoms with Gasteiger partial charge in [0, 0.05) is 28.1 Å². The van der Waals surface area contributed by atoms with Crippen LogP contribution < -0.4 is 5.56 Å². The summed E-state index contributed by atoms with van der Waals surface area (Å²) in [5.74, 6) is 0. The van der Waals surface area contributed by atoms with Crippen LogP contribution in [0.4, 0.5) is 0 Å². The molecule has 0 unspecified atom stereocenters. The van der Waals surface area contributed by atoms with Gasteiger partial charge in [0.2, 0.25) is 0 Å². The summed E-state index contributed by atoms with van der Waals surface area (Å²) in [6, 6.07) is 11.9. The lowest BCUT2D eigenvalue weighted by molar-refractivity contribution is 0.756. The zero-order valence-electron chi connectivity index (χ0n) is 12.6. The molecule has 0 saturated heterocycles. The maximum Gasteiger partial charge on any atom is 0.275 e. The van der Waals surface area contributed by atoms with Gasteiger partial charge in [-0.3, -0.25) is 4.79 Å². The summed E-state index contributed by atoms with van der Waals surface area (Å²) in [5.41, 5.74) is 3.35. The molecule has 0 radical (unpaired) electrons. The minimum absolute atomic E-state index is 0.0580. The van der Waals surface area contributed by atoms with Gasteiger partial charge in [-0.05, 0) is 24.1 Å². The third-order valence-electron chi connectivity index (χ3n) is 3.99. The van der Waals surface area contributed by atoms with Gasteiger partial charge in [0.15, 0.2) is 0 Å². The molecular formula is C18H15N3OS. The van der Waals surface area contributed by atoms with E-state index in [9.17, 15) is 4.79 Å². The average molecular weight is 321 g/mol. The van der Waals surface area contributed by atoms with Crippen LogP contribution in [0.2, 0.25) is 0 Å². The van der Waals surface area contributed by atoms with E-state index >= 15 is 0 Å². The molecule has 1 N–H and O–H groups in total. The van der Waals surface area contributed by atoms with Crippen molar-refractivity contribution in [1.29, 1.82) is 0 Å². The van der Waals surface area contributed by atoms with E-state index in [1.165, 1.54) is 0 Å². The minimum atomic E-state index is -0.0580. The van der Waals surface area contributed by atoms with Crippen LogP contribution in [0.15, 0.2) is 58.5 Å². The van der Waals surface area contributed by atoms with Crippen molar-refractivity contribution in [3.05, 3.63) is 70.3 Å². The van der Waals surface area contributed by atoms with Gasteiger partial charge in [-0.1, -0.05) is 30.3 Å². The summed E-state index contributed by atoms with van der Waals surface area (Å²) in [4.78, 5) is 21.1. The fourth-order valence-electron chi connectivity index (χ4n) is 2.91. The largest absolute Gasteiger partial charge is 0.335 e. The molecule has 0 fully saturated rings. The van der Waals surface area contributed by atoms with E-state index in [4.69, 9.17) is 0 Å². The summed E-state index contributed by atoms with van der Waals surface area (Å²) in [6.07, 6.45) is 3.59. The van der Waals surface area contributed by atoms with E-state index in [1.807, 2.05) is 43.3 Å². The Morgan fingerprint density at radius 1 is 1.26 bits per heavy atom. The Kier molecular flexibility index (Phi) is 3.23. The molecule has 4 nitrogen and oxygen atoms in total. The summed E-state index contributed by atoms with van der Waals surface area (Å²) < 4.78 is 1.68. The quantitative estimate of drug-likeness (QED) is 0.555. The first-order valence-corrected chi connectivity index (χ1v) is 7.82. The monoisotopic (exact) mass is 321 g/mol. The number of rotatable bonds is 2. The summed E-state index contributed by atoms with van der Waals surface area (Å²) >= 11 is 4.60. The molecule has 0 atom stereocenters. The Morgan fingerprint density at radius 3 is 2.83 bits per heavy atom. The highest BCUT2D eigenvalue weighted by molar-refractivity contribution is 7.80. The van der Waals surface area contributed by atoms with Crippen molar-refractivity contribution in [2.24, 2.45) is 0 Å². The van der Waals surface area contributed by atoms with E-state index in [-0.39, 0.29) is 5.56 Å². The number of aryl methyl sites for hydroxylation is 1. The van der Waals surface area contributed by atoms with Gasteiger partial charge in [-0.25, -0.2) is 4.98 Å².